The van der Waals surface area contributed by atoms with E-state index in [1.54, 1.807) is 31.2 Å². The Hall–Kier alpha value is -2.70. The molecule has 1 aromatic heterocycles. The number of aromatic nitrogens is 2. The second kappa shape index (κ2) is 5.30. The van der Waals surface area contributed by atoms with Crippen LogP contribution in [0.3, 0.4) is 0 Å². The van der Waals surface area contributed by atoms with Gasteiger partial charge < -0.3 is 14.9 Å². The predicted octanol–water partition coefficient (Wildman–Crippen LogP) is 1.26. The Morgan fingerprint density at radius 3 is 2.53 bits per heavy atom. The number of carbonyl (C=O) groups is 2. The van der Waals surface area contributed by atoms with E-state index in [-0.39, 0.29) is 12.2 Å². The van der Waals surface area contributed by atoms with Gasteiger partial charge in [0.15, 0.2) is 0 Å². The van der Waals surface area contributed by atoms with Crippen molar-refractivity contribution < 1.29 is 19.2 Å². The van der Waals surface area contributed by atoms with Gasteiger partial charge in [-0.15, -0.1) is 0 Å². The van der Waals surface area contributed by atoms with E-state index in [0.29, 0.717) is 17.1 Å². The van der Waals surface area contributed by atoms with Crippen LogP contribution < -0.4 is 5.32 Å². The summed E-state index contributed by atoms with van der Waals surface area (Å²) in [6.45, 7) is 1.59. The number of rotatable bonds is 4. The number of aliphatic carboxylic acids is 1. The van der Waals surface area contributed by atoms with Gasteiger partial charge in [-0.1, -0.05) is 17.3 Å². The molecule has 0 unspecified atom stereocenters. The highest BCUT2D eigenvalue weighted by Gasteiger charge is 2.12. The third-order valence-electron chi connectivity index (χ3n) is 2.30. The van der Waals surface area contributed by atoms with E-state index in [9.17, 15) is 9.59 Å². The first kappa shape index (κ1) is 12.7. The molecule has 0 spiro atoms. The highest BCUT2D eigenvalue weighted by atomic mass is 16.5. The maximum atomic E-state index is 11.7. The lowest BCUT2D eigenvalue weighted by molar-refractivity contribution is -0.136. The molecule has 0 aliphatic heterocycles. The van der Waals surface area contributed by atoms with Gasteiger partial charge in [0.2, 0.25) is 5.89 Å². The van der Waals surface area contributed by atoms with Crippen molar-refractivity contribution in [1.29, 1.82) is 0 Å². The van der Waals surface area contributed by atoms with Gasteiger partial charge in [0, 0.05) is 12.6 Å². The number of amides is 1. The summed E-state index contributed by atoms with van der Waals surface area (Å²) in [7, 11) is 0. The van der Waals surface area contributed by atoms with Gasteiger partial charge in [-0.2, -0.15) is 4.98 Å². The summed E-state index contributed by atoms with van der Waals surface area (Å²) >= 11 is 0. The minimum absolute atomic E-state index is 0.0490. The van der Waals surface area contributed by atoms with Crippen molar-refractivity contribution in [3.63, 3.8) is 0 Å². The van der Waals surface area contributed by atoms with Crippen molar-refractivity contribution in [2.24, 2.45) is 0 Å². The first-order valence-corrected chi connectivity index (χ1v) is 5.47. The molecule has 0 bridgehead atoms. The molecule has 98 valence electrons. The van der Waals surface area contributed by atoms with E-state index in [0.717, 1.165) is 0 Å². The van der Waals surface area contributed by atoms with E-state index in [2.05, 4.69) is 15.5 Å². The van der Waals surface area contributed by atoms with Crippen LogP contribution in [0, 0.1) is 6.92 Å². The largest absolute Gasteiger partial charge is 0.481 e. The fourth-order valence-corrected chi connectivity index (χ4v) is 1.46. The molecule has 7 nitrogen and oxygen atoms in total. The number of aryl methyl sites for hydroxylation is 1. The summed E-state index contributed by atoms with van der Waals surface area (Å²) in [4.78, 5) is 26.0. The fourth-order valence-electron chi connectivity index (χ4n) is 1.46. The van der Waals surface area contributed by atoms with Crippen LogP contribution in [0.1, 0.15) is 22.1 Å². The van der Waals surface area contributed by atoms with Gasteiger partial charge in [0.1, 0.15) is 0 Å². The van der Waals surface area contributed by atoms with Crippen LogP contribution in [0.25, 0.3) is 0 Å². The normalized spacial score (nSPS) is 10.2. The zero-order valence-corrected chi connectivity index (χ0v) is 10.1. The van der Waals surface area contributed by atoms with Gasteiger partial charge in [-0.25, -0.2) is 0 Å². The molecule has 0 fully saturated rings. The third kappa shape index (κ3) is 3.38. The first-order valence-electron chi connectivity index (χ1n) is 5.47. The number of hydrogen-bond donors (Lipinski definition) is 2. The van der Waals surface area contributed by atoms with Crippen LogP contribution in [-0.2, 0) is 11.2 Å². The number of benzene rings is 1. The number of nitrogens with zero attached hydrogens (tertiary/aromatic N) is 2. The molecular weight excluding hydrogens is 250 g/mol. The van der Waals surface area contributed by atoms with Crippen molar-refractivity contribution >= 4 is 17.6 Å². The van der Waals surface area contributed by atoms with Crippen LogP contribution in [0.15, 0.2) is 28.8 Å². The average Bonchev–Trinajstić information content (AvgIpc) is 2.78. The number of anilines is 1. The minimum atomic E-state index is -0.904. The van der Waals surface area contributed by atoms with Gasteiger partial charge in [-0.3, -0.25) is 9.59 Å². The predicted molar refractivity (Wildman–Crippen MR) is 64.8 cm³/mol. The summed E-state index contributed by atoms with van der Waals surface area (Å²) < 4.78 is 4.70. The fraction of sp³-hybridized carbons (Fsp3) is 0.167. The van der Waals surface area contributed by atoms with Crippen LogP contribution in [0.4, 0.5) is 5.69 Å². The van der Waals surface area contributed by atoms with Gasteiger partial charge in [0.25, 0.3) is 11.7 Å². The van der Waals surface area contributed by atoms with Crippen molar-refractivity contribution in [1.82, 2.24) is 10.1 Å². The minimum Gasteiger partial charge on any atom is -0.481 e. The lowest BCUT2D eigenvalue weighted by Crippen LogP contribution is -2.13. The van der Waals surface area contributed by atoms with E-state index in [1.165, 1.54) is 0 Å². The van der Waals surface area contributed by atoms with E-state index < -0.39 is 11.9 Å². The lowest BCUT2D eigenvalue weighted by atomic mass is 10.1. The number of carboxylic acids is 1. The molecular formula is C12H11N3O4. The van der Waals surface area contributed by atoms with Crippen LogP contribution in [-0.4, -0.2) is 27.1 Å². The molecule has 2 N–H and O–H groups in total. The van der Waals surface area contributed by atoms with Gasteiger partial charge in [-0.05, 0) is 17.7 Å². The topological polar surface area (TPSA) is 105 Å². The molecule has 2 rings (SSSR count). The SMILES string of the molecule is Cc1nc(C(=O)Nc2ccc(CC(=O)O)cc2)no1. The molecule has 1 aromatic carbocycles. The molecule has 1 heterocycles. The molecule has 2 aromatic rings. The zero-order valence-electron chi connectivity index (χ0n) is 10.1. The number of hydrogen-bond acceptors (Lipinski definition) is 5. The number of carbonyl (C=O) groups excluding carboxylic acids is 1. The van der Waals surface area contributed by atoms with Crippen molar-refractivity contribution in [3.8, 4) is 0 Å². The van der Waals surface area contributed by atoms with E-state index >= 15 is 0 Å². The third-order valence-corrected chi connectivity index (χ3v) is 2.30. The molecule has 0 saturated heterocycles. The number of nitrogens with one attached hydrogen (secondary N) is 1. The van der Waals surface area contributed by atoms with Crippen molar-refractivity contribution in [2.75, 3.05) is 5.32 Å². The molecule has 0 radical (unpaired) electrons. The Balaban J connectivity index is 2.03. The molecule has 0 atom stereocenters. The molecule has 0 saturated carbocycles. The Labute approximate surface area is 108 Å². The average molecular weight is 261 g/mol. The van der Waals surface area contributed by atoms with Gasteiger partial charge >= 0.3 is 5.97 Å². The highest BCUT2D eigenvalue weighted by Crippen LogP contribution is 2.11. The maximum absolute atomic E-state index is 11.7. The second-order valence-corrected chi connectivity index (χ2v) is 3.86. The monoisotopic (exact) mass is 261 g/mol. The summed E-state index contributed by atoms with van der Waals surface area (Å²) in [5.74, 6) is -1.13. The summed E-state index contributed by atoms with van der Waals surface area (Å²) in [6, 6.07) is 6.49. The van der Waals surface area contributed by atoms with Gasteiger partial charge in [0.05, 0.1) is 6.42 Å². The molecule has 7 heteroatoms. The standard InChI is InChI=1S/C12H11N3O4/c1-7-13-11(15-19-7)12(18)14-9-4-2-8(3-5-9)6-10(16)17/h2-5H,6H2,1H3,(H,14,18)(H,16,17). The van der Waals surface area contributed by atoms with E-state index in [4.69, 9.17) is 9.63 Å². The van der Waals surface area contributed by atoms with Crippen LogP contribution in [0.2, 0.25) is 0 Å². The smallest absolute Gasteiger partial charge is 0.307 e. The summed E-state index contributed by atoms with van der Waals surface area (Å²) in [5.41, 5.74) is 1.18. The Bertz CT molecular complexity index is 604. The van der Waals surface area contributed by atoms with Crippen LogP contribution >= 0.6 is 0 Å². The summed E-state index contributed by atoms with van der Waals surface area (Å²) in [5, 5.41) is 14.7. The Morgan fingerprint density at radius 1 is 1.32 bits per heavy atom. The Kier molecular flexibility index (Phi) is 3.56. The quantitative estimate of drug-likeness (QED) is 0.858. The first-order chi connectivity index (χ1) is 9.04. The van der Waals surface area contributed by atoms with Crippen molar-refractivity contribution in [2.45, 2.75) is 13.3 Å². The number of carboxylic acid groups (broad SMARTS) is 1. The van der Waals surface area contributed by atoms with E-state index in [1.807, 2.05) is 0 Å². The van der Waals surface area contributed by atoms with Crippen molar-refractivity contribution in [3.05, 3.63) is 41.5 Å². The lowest BCUT2D eigenvalue weighted by Gasteiger charge is -2.03. The Morgan fingerprint density at radius 2 is 2.00 bits per heavy atom. The van der Waals surface area contributed by atoms with Crippen LogP contribution in [0.5, 0.6) is 0 Å². The second-order valence-electron chi connectivity index (χ2n) is 3.86. The highest BCUT2D eigenvalue weighted by molar-refractivity contribution is 6.01. The molecule has 19 heavy (non-hydrogen) atoms. The molecule has 0 aliphatic rings. The zero-order chi connectivity index (χ0) is 13.8. The maximum Gasteiger partial charge on any atom is 0.307 e. The molecule has 0 aliphatic carbocycles. The molecule has 1 amide bonds. The summed E-state index contributed by atoms with van der Waals surface area (Å²) in [6.07, 6.45) is -0.0573.